The maximum Gasteiger partial charge on any atom is 0.256 e. The zero-order chi connectivity index (χ0) is 18.8. The van der Waals surface area contributed by atoms with Gasteiger partial charge in [-0.15, -0.1) is 10.2 Å². The van der Waals surface area contributed by atoms with Gasteiger partial charge in [-0.3, -0.25) is 9.36 Å². The van der Waals surface area contributed by atoms with Crippen LogP contribution in [0, 0.1) is 5.82 Å². The first-order valence-electron chi connectivity index (χ1n) is 8.67. The van der Waals surface area contributed by atoms with Crippen molar-refractivity contribution in [1.82, 2.24) is 19.7 Å². The molecular weight excluding hydrogens is 347 g/mol. The Labute approximate surface area is 155 Å². The molecule has 3 aromatic rings. The predicted molar refractivity (Wildman–Crippen MR) is 100 cm³/mol. The van der Waals surface area contributed by atoms with Gasteiger partial charge >= 0.3 is 0 Å². The van der Waals surface area contributed by atoms with E-state index >= 15 is 0 Å². The second-order valence-corrected chi connectivity index (χ2v) is 6.38. The summed E-state index contributed by atoms with van der Waals surface area (Å²) in [5.41, 5.74) is 8.58. The quantitative estimate of drug-likeness (QED) is 0.717. The minimum absolute atomic E-state index is 0.114. The van der Waals surface area contributed by atoms with Gasteiger partial charge in [0.25, 0.3) is 5.91 Å². The van der Waals surface area contributed by atoms with Crippen LogP contribution < -0.4 is 10.6 Å². The molecule has 0 bridgehead atoms. The zero-order valence-corrected chi connectivity index (χ0v) is 14.6. The molecule has 1 amide bonds. The number of hydrogen-bond acceptors (Lipinski definition) is 5. The van der Waals surface area contributed by atoms with Crippen LogP contribution in [0.4, 0.5) is 15.8 Å². The van der Waals surface area contributed by atoms with Crippen LogP contribution in [0.1, 0.15) is 10.4 Å². The molecule has 7 nitrogen and oxygen atoms in total. The molecule has 0 aliphatic carbocycles. The first kappa shape index (κ1) is 17.0. The number of piperazine rings is 1. The van der Waals surface area contributed by atoms with Crippen molar-refractivity contribution >= 4 is 17.3 Å². The van der Waals surface area contributed by atoms with Crippen LogP contribution in [0.15, 0.2) is 55.1 Å². The van der Waals surface area contributed by atoms with Gasteiger partial charge in [0.05, 0.1) is 16.9 Å². The largest absolute Gasteiger partial charge is 0.399 e. The molecule has 1 aliphatic rings. The third-order valence-corrected chi connectivity index (χ3v) is 4.71. The minimum Gasteiger partial charge on any atom is -0.399 e. The van der Waals surface area contributed by atoms with E-state index in [0.717, 1.165) is 11.4 Å². The van der Waals surface area contributed by atoms with Crippen molar-refractivity contribution < 1.29 is 9.18 Å². The highest BCUT2D eigenvalue weighted by Gasteiger charge is 2.25. The SMILES string of the molecule is Nc1ccc(N2CCN(C(=O)c3ccccc3F)CC2)c(-n2cnnc2)c1. The summed E-state index contributed by atoms with van der Waals surface area (Å²) in [5, 5.41) is 7.71. The molecule has 27 heavy (non-hydrogen) atoms. The minimum atomic E-state index is -0.488. The van der Waals surface area contributed by atoms with Gasteiger partial charge in [-0.2, -0.15) is 0 Å². The van der Waals surface area contributed by atoms with E-state index in [1.165, 1.54) is 12.1 Å². The van der Waals surface area contributed by atoms with Crippen molar-refractivity contribution in [2.75, 3.05) is 36.8 Å². The van der Waals surface area contributed by atoms with E-state index in [0.29, 0.717) is 31.9 Å². The molecule has 0 spiro atoms. The van der Waals surface area contributed by atoms with Gasteiger partial charge in [-0.1, -0.05) is 12.1 Å². The highest BCUT2D eigenvalue weighted by atomic mass is 19.1. The summed E-state index contributed by atoms with van der Waals surface area (Å²) in [6.07, 6.45) is 3.24. The van der Waals surface area contributed by atoms with E-state index in [1.807, 2.05) is 22.8 Å². The van der Waals surface area contributed by atoms with Gasteiger partial charge in [0.2, 0.25) is 0 Å². The van der Waals surface area contributed by atoms with Crippen molar-refractivity contribution in [3.05, 3.63) is 66.5 Å². The number of carbonyl (C=O) groups is 1. The van der Waals surface area contributed by atoms with Crippen molar-refractivity contribution in [3.8, 4) is 5.69 Å². The average molecular weight is 366 g/mol. The summed E-state index contributed by atoms with van der Waals surface area (Å²) in [5.74, 6) is -0.762. The van der Waals surface area contributed by atoms with Crippen molar-refractivity contribution in [3.63, 3.8) is 0 Å². The van der Waals surface area contributed by atoms with Crippen molar-refractivity contribution in [2.24, 2.45) is 0 Å². The molecule has 0 radical (unpaired) electrons. The Kier molecular flexibility index (Phi) is 4.45. The molecule has 2 aromatic carbocycles. The Morgan fingerprint density at radius 3 is 2.37 bits per heavy atom. The normalized spacial score (nSPS) is 14.4. The monoisotopic (exact) mass is 366 g/mol. The van der Waals surface area contributed by atoms with E-state index in [1.54, 1.807) is 29.7 Å². The van der Waals surface area contributed by atoms with Crippen LogP contribution in [0.25, 0.3) is 5.69 Å². The maximum absolute atomic E-state index is 13.9. The van der Waals surface area contributed by atoms with E-state index in [4.69, 9.17) is 5.73 Å². The molecule has 2 N–H and O–H groups in total. The summed E-state index contributed by atoms with van der Waals surface area (Å²) >= 11 is 0. The Bertz CT molecular complexity index is 951. The van der Waals surface area contributed by atoms with Gasteiger partial charge in [0, 0.05) is 31.9 Å². The fourth-order valence-electron chi connectivity index (χ4n) is 3.30. The lowest BCUT2D eigenvalue weighted by molar-refractivity contribution is 0.0742. The molecule has 4 rings (SSSR count). The molecule has 1 aromatic heterocycles. The number of anilines is 2. The van der Waals surface area contributed by atoms with Crippen molar-refractivity contribution in [2.45, 2.75) is 0 Å². The highest BCUT2D eigenvalue weighted by Crippen LogP contribution is 2.28. The molecule has 0 saturated carbocycles. The van der Waals surface area contributed by atoms with Crippen LogP contribution in [0.3, 0.4) is 0 Å². The van der Waals surface area contributed by atoms with E-state index < -0.39 is 5.82 Å². The van der Waals surface area contributed by atoms with Crippen LogP contribution >= 0.6 is 0 Å². The van der Waals surface area contributed by atoms with Crippen LogP contribution in [-0.2, 0) is 0 Å². The number of rotatable bonds is 3. The number of benzene rings is 2. The van der Waals surface area contributed by atoms with Gasteiger partial charge in [-0.05, 0) is 30.3 Å². The lowest BCUT2D eigenvalue weighted by atomic mass is 10.1. The van der Waals surface area contributed by atoms with Gasteiger partial charge in [0.15, 0.2) is 0 Å². The maximum atomic E-state index is 13.9. The number of nitrogen functional groups attached to an aromatic ring is 1. The molecule has 1 fully saturated rings. The summed E-state index contributed by atoms with van der Waals surface area (Å²) in [4.78, 5) is 16.5. The number of amides is 1. The first-order valence-corrected chi connectivity index (χ1v) is 8.67. The number of hydrogen-bond donors (Lipinski definition) is 1. The summed E-state index contributed by atoms with van der Waals surface area (Å²) in [6, 6.07) is 11.8. The number of aromatic nitrogens is 3. The molecule has 8 heteroatoms. The summed E-state index contributed by atoms with van der Waals surface area (Å²) in [6.45, 7) is 2.30. The molecular formula is C19H19FN6O. The van der Waals surface area contributed by atoms with Crippen LogP contribution in [0.5, 0.6) is 0 Å². The third-order valence-electron chi connectivity index (χ3n) is 4.71. The smallest absolute Gasteiger partial charge is 0.256 e. The third kappa shape index (κ3) is 3.33. The number of carbonyl (C=O) groups excluding carboxylic acids is 1. The van der Waals surface area contributed by atoms with E-state index in [-0.39, 0.29) is 11.5 Å². The number of nitrogens with zero attached hydrogens (tertiary/aromatic N) is 5. The summed E-state index contributed by atoms with van der Waals surface area (Å²) < 4.78 is 15.7. The van der Waals surface area contributed by atoms with E-state index in [2.05, 4.69) is 15.1 Å². The molecule has 0 atom stereocenters. The second-order valence-electron chi connectivity index (χ2n) is 6.38. The van der Waals surface area contributed by atoms with Crippen LogP contribution in [0.2, 0.25) is 0 Å². The number of halogens is 1. The topological polar surface area (TPSA) is 80.3 Å². The fraction of sp³-hybridized carbons (Fsp3) is 0.211. The standard InChI is InChI=1S/C19H19FN6O/c20-16-4-2-1-3-15(16)19(27)25-9-7-24(8-10-25)17-6-5-14(21)11-18(17)26-12-22-23-13-26/h1-6,11-13H,7-10,21H2. The van der Waals surface area contributed by atoms with Crippen molar-refractivity contribution in [1.29, 1.82) is 0 Å². The Balaban J connectivity index is 1.52. The predicted octanol–water partition coefficient (Wildman–Crippen LogP) is 1.95. The van der Waals surface area contributed by atoms with Gasteiger partial charge in [0.1, 0.15) is 18.5 Å². The van der Waals surface area contributed by atoms with Crippen LogP contribution in [-0.4, -0.2) is 51.8 Å². The van der Waals surface area contributed by atoms with E-state index in [9.17, 15) is 9.18 Å². The number of nitrogens with two attached hydrogens (primary N) is 1. The Morgan fingerprint density at radius 2 is 1.67 bits per heavy atom. The lowest BCUT2D eigenvalue weighted by Crippen LogP contribution is -2.49. The molecule has 2 heterocycles. The molecule has 1 aliphatic heterocycles. The molecule has 138 valence electrons. The lowest BCUT2D eigenvalue weighted by Gasteiger charge is -2.37. The first-order chi connectivity index (χ1) is 13.1. The zero-order valence-electron chi connectivity index (χ0n) is 14.6. The molecule has 1 saturated heterocycles. The summed E-state index contributed by atoms with van der Waals surface area (Å²) in [7, 11) is 0. The molecule has 0 unspecified atom stereocenters. The second kappa shape index (κ2) is 7.06. The average Bonchev–Trinajstić information content (AvgIpc) is 3.23. The Hall–Kier alpha value is -3.42. The Morgan fingerprint density at radius 1 is 0.963 bits per heavy atom. The fourth-order valence-corrected chi connectivity index (χ4v) is 3.30. The highest BCUT2D eigenvalue weighted by molar-refractivity contribution is 5.94. The van der Waals surface area contributed by atoms with Gasteiger partial charge in [-0.25, -0.2) is 4.39 Å². The van der Waals surface area contributed by atoms with Gasteiger partial charge < -0.3 is 15.5 Å².